The molecule has 0 aliphatic rings. The minimum absolute atomic E-state index is 0.137. The summed E-state index contributed by atoms with van der Waals surface area (Å²) in [5, 5.41) is 9.46. The lowest BCUT2D eigenvalue weighted by Gasteiger charge is -2.14. The standard InChI is InChI=1S/C21H26O6/c1-13(2)15-6-7-16(11-22)20(23)17(10-15)27-12-14-8-18(24-3)21(26-5)19(9-14)25-4/h6-10,13,22H,11-12H2,1-5H3. The smallest absolute Gasteiger partial charge is 0.225 e. The number of aliphatic hydroxyl groups excluding tert-OH is 1. The van der Waals surface area contributed by atoms with Crippen LogP contribution >= 0.6 is 0 Å². The maximum absolute atomic E-state index is 12.6. The molecule has 0 radical (unpaired) electrons. The quantitative estimate of drug-likeness (QED) is 0.764. The Morgan fingerprint density at radius 2 is 1.56 bits per heavy atom. The fourth-order valence-corrected chi connectivity index (χ4v) is 2.67. The molecule has 0 amide bonds. The van der Waals surface area contributed by atoms with Gasteiger partial charge in [0.1, 0.15) is 6.61 Å². The second kappa shape index (κ2) is 9.28. The number of rotatable bonds is 8. The molecule has 0 saturated heterocycles. The molecule has 2 rings (SSSR count). The minimum atomic E-state index is -0.342. The van der Waals surface area contributed by atoms with Crippen molar-refractivity contribution in [1.29, 1.82) is 0 Å². The molecule has 6 nitrogen and oxygen atoms in total. The summed E-state index contributed by atoms with van der Waals surface area (Å²) in [5.74, 6) is 1.92. The van der Waals surface area contributed by atoms with Gasteiger partial charge < -0.3 is 24.1 Å². The Hall–Kier alpha value is -2.73. The van der Waals surface area contributed by atoms with Gasteiger partial charge in [-0.3, -0.25) is 4.79 Å². The molecule has 0 aliphatic heterocycles. The van der Waals surface area contributed by atoms with Crippen LogP contribution in [0.1, 0.15) is 36.5 Å². The monoisotopic (exact) mass is 374 g/mol. The van der Waals surface area contributed by atoms with Gasteiger partial charge in [-0.1, -0.05) is 26.0 Å². The second-order valence-corrected chi connectivity index (χ2v) is 6.33. The lowest BCUT2D eigenvalue weighted by atomic mass is 10.1. The fraction of sp³-hybridized carbons (Fsp3) is 0.381. The topological polar surface area (TPSA) is 74.2 Å². The highest BCUT2D eigenvalue weighted by Gasteiger charge is 2.14. The maximum atomic E-state index is 12.6. The van der Waals surface area contributed by atoms with Gasteiger partial charge in [-0.05, 0) is 35.2 Å². The van der Waals surface area contributed by atoms with Crippen molar-refractivity contribution in [3.8, 4) is 23.0 Å². The average Bonchev–Trinajstić information content (AvgIpc) is 2.84. The van der Waals surface area contributed by atoms with Crippen molar-refractivity contribution in [3.63, 3.8) is 0 Å². The number of methoxy groups -OCH3 is 3. The van der Waals surface area contributed by atoms with Crippen molar-refractivity contribution in [2.75, 3.05) is 21.3 Å². The van der Waals surface area contributed by atoms with E-state index in [1.54, 1.807) is 24.3 Å². The number of benzene rings is 1. The molecule has 0 unspecified atom stereocenters. The summed E-state index contributed by atoms with van der Waals surface area (Å²) in [7, 11) is 4.61. The molecule has 0 heterocycles. The first-order chi connectivity index (χ1) is 12.9. The van der Waals surface area contributed by atoms with E-state index in [4.69, 9.17) is 18.9 Å². The van der Waals surface area contributed by atoms with Crippen molar-refractivity contribution in [1.82, 2.24) is 0 Å². The third-order valence-electron chi connectivity index (χ3n) is 4.25. The van der Waals surface area contributed by atoms with Gasteiger partial charge in [0.05, 0.1) is 27.9 Å². The molecule has 27 heavy (non-hydrogen) atoms. The van der Waals surface area contributed by atoms with Crippen LogP contribution in [0.4, 0.5) is 0 Å². The van der Waals surface area contributed by atoms with Crippen molar-refractivity contribution in [3.05, 3.63) is 57.2 Å². The first kappa shape index (κ1) is 20.6. The summed E-state index contributed by atoms with van der Waals surface area (Å²) < 4.78 is 21.8. The summed E-state index contributed by atoms with van der Waals surface area (Å²) in [5.41, 5.74) is 1.68. The van der Waals surface area contributed by atoms with Crippen LogP contribution in [-0.4, -0.2) is 26.4 Å². The molecule has 2 aromatic rings. The molecule has 1 N–H and O–H groups in total. The van der Waals surface area contributed by atoms with Gasteiger partial charge in [-0.2, -0.15) is 0 Å². The van der Waals surface area contributed by atoms with Crippen LogP contribution in [-0.2, 0) is 13.2 Å². The molecule has 0 aliphatic carbocycles. The molecule has 0 aromatic heterocycles. The van der Waals surface area contributed by atoms with E-state index in [2.05, 4.69) is 0 Å². The van der Waals surface area contributed by atoms with Crippen LogP contribution < -0.4 is 24.4 Å². The van der Waals surface area contributed by atoms with Gasteiger partial charge in [0.2, 0.25) is 11.2 Å². The van der Waals surface area contributed by atoms with Gasteiger partial charge in [-0.15, -0.1) is 0 Å². The van der Waals surface area contributed by atoms with Gasteiger partial charge in [-0.25, -0.2) is 0 Å². The zero-order valence-corrected chi connectivity index (χ0v) is 16.4. The van der Waals surface area contributed by atoms with Gasteiger partial charge in [0.25, 0.3) is 0 Å². The number of aliphatic hydroxyl groups is 1. The van der Waals surface area contributed by atoms with Crippen molar-refractivity contribution >= 4 is 0 Å². The summed E-state index contributed by atoms with van der Waals surface area (Å²) in [6.45, 7) is 3.85. The van der Waals surface area contributed by atoms with Crippen LogP contribution in [0.25, 0.3) is 0 Å². The van der Waals surface area contributed by atoms with E-state index in [0.717, 1.165) is 11.1 Å². The van der Waals surface area contributed by atoms with Crippen LogP contribution in [0.3, 0.4) is 0 Å². The van der Waals surface area contributed by atoms with Crippen molar-refractivity contribution in [2.45, 2.75) is 33.0 Å². The summed E-state index contributed by atoms with van der Waals surface area (Å²) >= 11 is 0. The Kier molecular flexibility index (Phi) is 7.07. The first-order valence-corrected chi connectivity index (χ1v) is 8.64. The lowest BCUT2D eigenvalue weighted by Crippen LogP contribution is -2.10. The molecule has 6 heteroatoms. The Morgan fingerprint density at radius 3 is 2.04 bits per heavy atom. The maximum Gasteiger partial charge on any atom is 0.225 e. The van der Waals surface area contributed by atoms with Crippen molar-refractivity contribution < 1.29 is 24.1 Å². The summed E-state index contributed by atoms with van der Waals surface area (Å²) in [6, 6.07) is 8.74. The normalized spacial score (nSPS) is 10.6. The molecule has 0 fully saturated rings. The molecule has 0 atom stereocenters. The van der Waals surface area contributed by atoms with Gasteiger partial charge in [0.15, 0.2) is 17.2 Å². The number of hydrogen-bond donors (Lipinski definition) is 1. The van der Waals surface area contributed by atoms with Gasteiger partial charge >= 0.3 is 0 Å². The zero-order chi connectivity index (χ0) is 20.0. The second-order valence-electron chi connectivity index (χ2n) is 6.33. The Balaban J connectivity index is 2.40. The Labute approximate surface area is 159 Å². The van der Waals surface area contributed by atoms with E-state index < -0.39 is 0 Å². The highest BCUT2D eigenvalue weighted by Crippen LogP contribution is 2.38. The summed E-state index contributed by atoms with van der Waals surface area (Å²) in [4.78, 5) is 12.6. The molecule has 0 spiro atoms. The van der Waals surface area contributed by atoms with E-state index in [9.17, 15) is 9.90 Å². The minimum Gasteiger partial charge on any atom is -0.493 e. The van der Waals surface area contributed by atoms with E-state index in [0.29, 0.717) is 22.8 Å². The molecule has 0 bridgehead atoms. The zero-order valence-electron chi connectivity index (χ0n) is 16.4. The molecular weight excluding hydrogens is 348 g/mol. The molecule has 146 valence electrons. The first-order valence-electron chi connectivity index (χ1n) is 8.64. The SMILES string of the molecule is COc1cc(COc2cc(C(C)C)ccc(CO)c2=O)cc(OC)c1OC. The van der Waals surface area contributed by atoms with Crippen LogP contribution in [0, 0.1) is 0 Å². The van der Waals surface area contributed by atoms with Crippen molar-refractivity contribution in [2.24, 2.45) is 0 Å². The molecule has 0 saturated carbocycles. The predicted octanol–water partition coefficient (Wildman–Crippen LogP) is 3.27. The third kappa shape index (κ3) is 4.71. The average molecular weight is 374 g/mol. The van der Waals surface area contributed by atoms with E-state index in [1.165, 1.54) is 21.3 Å². The van der Waals surface area contributed by atoms with Crippen LogP contribution in [0.5, 0.6) is 23.0 Å². The fourth-order valence-electron chi connectivity index (χ4n) is 2.67. The van der Waals surface area contributed by atoms with E-state index in [-0.39, 0.29) is 30.3 Å². The van der Waals surface area contributed by atoms with Gasteiger partial charge in [0, 0.05) is 5.56 Å². The predicted molar refractivity (Wildman–Crippen MR) is 103 cm³/mol. The highest BCUT2D eigenvalue weighted by atomic mass is 16.5. The van der Waals surface area contributed by atoms with Crippen LogP contribution in [0.15, 0.2) is 35.1 Å². The third-order valence-corrected chi connectivity index (χ3v) is 4.25. The largest absolute Gasteiger partial charge is 0.493 e. The Bertz CT molecular complexity index is 819. The molecule has 2 aromatic carbocycles. The van der Waals surface area contributed by atoms with Crippen LogP contribution in [0.2, 0.25) is 0 Å². The highest BCUT2D eigenvalue weighted by molar-refractivity contribution is 5.53. The Morgan fingerprint density at radius 1 is 0.926 bits per heavy atom. The number of ether oxygens (including phenoxy) is 4. The number of hydrogen-bond acceptors (Lipinski definition) is 6. The lowest BCUT2D eigenvalue weighted by molar-refractivity contribution is 0.276. The summed E-state index contributed by atoms with van der Waals surface area (Å²) in [6.07, 6.45) is 0. The van der Waals surface area contributed by atoms with E-state index in [1.807, 2.05) is 19.9 Å². The van der Waals surface area contributed by atoms with E-state index >= 15 is 0 Å². The molecular formula is C21H26O6.